The number of hydrogen-bond donors (Lipinski definition) is 2. The minimum absolute atomic E-state index is 0. The van der Waals surface area contributed by atoms with Gasteiger partial charge in [-0.1, -0.05) is 18.9 Å². The average molecular weight is 368 g/mol. The van der Waals surface area contributed by atoms with Gasteiger partial charge in [0.2, 0.25) is 5.91 Å². The number of hydrogen-bond acceptors (Lipinski definition) is 4. The Bertz CT molecular complexity index is 617. The maximum Gasteiger partial charge on any atom is 0.258 e. The molecular weight excluding hydrogens is 342 g/mol. The second-order valence-corrected chi connectivity index (χ2v) is 6.67. The summed E-state index contributed by atoms with van der Waals surface area (Å²) >= 11 is 0. The summed E-state index contributed by atoms with van der Waals surface area (Å²) in [5, 5.41) is 3.04. The first-order valence-electron chi connectivity index (χ1n) is 8.66. The summed E-state index contributed by atoms with van der Waals surface area (Å²) in [5.74, 6) is 0.580. The molecule has 0 radical (unpaired) electrons. The highest BCUT2D eigenvalue weighted by molar-refractivity contribution is 5.95. The Hall–Kier alpha value is -1.79. The van der Waals surface area contributed by atoms with E-state index in [2.05, 4.69) is 5.32 Å². The first-order chi connectivity index (χ1) is 11.6. The molecule has 1 aliphatic carbocycles. The molecular formula is C18H26ClN3O3. The zero-order valence-corrected chi connectivity index (χ0v) is 15.1. The number of carbonyl (C=O) groups is 2. The van der Waals surface area contributed by atoms with Crippen molar-refractivity contribution in [2.24, 2.45) is 5.73 Å². The van der Waals surface area contributed by atoms with Gasteiger partial charge in [-0.2, -0.15) is 0 Å². The van der Waals surface area contributed by atoms with Crippen molar-refractivity contribution >= 4 is 29.9 Å². The highest BCUT2D eigenvalue weighted by atomic mass is 35.5. The van der Waals surface area contributed by atoms with Gasteiger partial charge in [0.25, 0.3) is 5.91 Å². The number of benzene rings is 1. The Morgan fingerprint density at radius 2 is 2.04 bits per heavy atom. The molecule has 0 unspecified atom stereocenters. The Morgan fingerprint density at radius 3 is 2.68 bits per heavy atom. The molecule has 0 atom stereocenters. The van der Waals surface area contributed by atoms with E-state index in [1.165, 1.54) is 0 Å². The minimum Gasteiger partial charge on any atom is -0.484 e. The highest BCUT2D eigenvalue weighted by Gasteiger charge is 2.33. The summed E-state index contributed by atoms with van der Waals surface area (Å²) in [4.78, 5) is 25.8. The molecule has 1 aromatic rings. The standard InChI is InChI=1S/C18H25N3O3.ClH/c19-13-18(8-1-2-9-18)20-16(22)12-24-15-6-3-5-14(11-15)21-10-4-7-17(21)23;/h3,5-6,11H,1-2,4,7-10,12-13,19H2,(H,20,22);1H. The van der Waals surface area contributed by atoms with Crippen molar-refractivity contribution in [3.05, 3.63) is 24.3 Å². The Labute approximate surface area is 154 Å². The van der Waals surface area contributed by atoms with Crippen LogP contribution < -0.4 is 20.7 Å². The third kappa shape index (κ3) is 4.64. The lowest BCUT2D eigenvalue weighted by molar-refractivity contribution is -0.125. The molecule has 2 aliphatic rings. The zero-order valence-electron chi connectivity index (χ0n) is 14.3. The molecule has 7 heteroatoms. The van der Waals surface area contributed by atoms with Crippen LogP contribution >= 0.6 is 12.4 Å². The van der Waals surface area contributed by atoms with Crippen molar-refractivity contribution in [3.8, 4) is 5.75 Å². The molecule has 0 bridgehead atoms. The van der Waals surface area contributed by atoms with Gasteiger partial charge in [-0.15, -0.1) is 12.4 Å². The van der Waals surface area contributed by atoms with Crippen molar-refractivity contribution in [1.82, 2.24) is 5.32 Å². The molecule has 25 heavy (non-hydrogen) atoms. The Balaban J connectivity index is 0.00000225. The van der Waals surface area contributed by atoms with Gasteiger partial charge >= 0.3 is 0 Å². The van der Waals surface area contributed by atoms with Crippen LogP contribution in [0.1, 0.15) is 38.5 Å². The van der Waals surface area contributed by atoms with E-state index in [9.17, 15) is 9.59 Å². The summed E-state index contributed by atoms with van der Waals surface area (Å²) in [6.07, 6.45) is 5.54. The molecule has 1 saturated heterocycles. The molecule has 1 saturated carbocycles. The second kappa shape index (κ2) is 8.54. The summed E-state index contributed by atoms with van der Waals surface area (Å²) in [6, 6.07) is 7.33. The van der Waals surface area contributed by atoms with Gasteiger partial charge in [-0.25, -0.2) is 0 Å². The number of nitrogens with zero attached hydrogens (tertiary/aromatic N) is 1. The smallest absolute Gasteiger partial charge is 0.258 e. The maximum absolute atomic E-state index is 12.2. The third-order valence-electron chi connectivity index (χ3n) is 4.93. The number of ether oxygens (including phenoxy) is 1. The van der Waals surface area contributed by atoms with Gasteiger partial charge in [0.1, 0.15) is 5.75 Å². The first-order valence-corrected chi connectivity index (χ1v) is 8.66. The molecule has 0 spiro atoms. The lowest BCUT2D eigenvalue weighted by atomic mass is 9.98. The van der Waals surface area contributed by atoms with E-state index in [-0.39, 0.29) is 36.4 Å². The Morgan fingerprint density at radius 1 is 1.28 bits per heavy atom. The van der Waals surface area contributed by atoms with Crippen molar-refractivity contribution in [2.45, 2.75) is 44.1 Å². The van der Waals surface area contributed by atoms with E-state index < -0.39 is 0 Å². The van der Waals surface area contributed by atoms with Crippen molar-refractivity contribution < 1.29 is 14.3 Å². The van der Waals surface area contributed by atoms with Crippen molar-refractivity contribution in [3.63, 3.8) is 0 Å². The SMILES string of the molecule is Cl.NCC1(NC(=O)COc2cccc(N3CCCC3=O)c2)CCCC1. The number of carbonyl (C=O) groups excluding carboxylic acids is 2. The van der Waals surface area contributed by atoms with Crippen LogP contribution in [-0.4, -0.2) is 37.0 Å². The maximum atomic E-state index is 12.2. The zero-order chi connectivity index (χ0) is 17.0. The molecule has 138 valence electrons. The van der Waals surface area contributed by atoms with Crippen LogP contribution in [-0.2, 0) is 9.59 Å². The number of amides is 2. The Kier molecular flexibility index (Phi) is 6.67. The molecule has 0 aromatic heterocycles. The van der Waals surface area contributed by atoms with Gasteiger partial charge in [0.15, 0.2) is 6.61 Å². The van der Waals surface area contributed by atoms with Crippen molar-refractivity contribution in [1.29, 1.82) is 0 Å². The van der Waals surface area contributed by atoms with E-state index in [4.69, 9.17) is 10.5 Å². The first kappa shape index (κ1) is 19.5. The molecule has 1 heterocycles. The van der Waals surface area contributed by atoms with Gasteiger partial charge in [0.05, 0.1) is 5.54 Å². The van der Waals surface area contributed by atoms with Gasteiger partial charge in [-0.05, 0) is 31.4 Å². The molecule has 3 rings (SSSR count). The second-order valence-electron chi connectivity index (χ2n) is 6.67. The normalized spacial score (nSPS) is 18.8. The van der Waals surface area contributed by atoms with Crippen LogP contribution in [0.15, 0.2) is 24.3 Å². The number of anilines is 1. The van der Waals surface area contributed by atoms with Crippen LogP contribution in [0, 0.1) is 0 Å². The fourth-order valence-corrected chi connectivity index (χ4v) is 3.57. The average Bonchev–Trinajstić information content (AvgIpc) is 3.23. The number of nitrogens with one attached hydrogen (secondary N) is 1. The highest BCUT2D eigenvalue weighted by Crippen LogP contribution is 2.29. The van der Waals surface area contributed by atoms with E-state index in [0.29, 0.717) is 18.7 Å². The lowest BCUT2D eigenvalue weighted by Gasteiger charge is -2.28. The predicted octanol–water partition coefficient (Wildman–Crippen LogP) is 2.00. The molecule has 2 fully saturated rings. The summed E-state index contributed by atoms with van der Waals surface area (Å²) in [5.41, 5.74) is 6.40. The van der Waals surface area contributed by atoms with Crippen LogP contribution in [0.2, 0.25) is 0 Å². The molecule has 1 aromatic carbocycles. The van der Waals surface area contributed by atoms with Crippen LogP contribution in [0.4, 0.5) is 5.69 Å². The lowest BCUT2D eigenvalue weighted by Crippen LogP contribution is -2.52. The van der Waals surface area contributed by atoms with E-state index >= 15 is 0 Å². The van der Waals surface area contributed by atoms with Gasteiger partial charge < -0.3 is 20.7 Å². The number of halogens is 1. The minimum atomic E-state index is -0.260. The fraction of sp³-hybridized carbons (Fsp3) is 0.556. The summed E-state index contributed by atoms with van der Waals surface area (Å²) < 4.78 is 5.61. The quantitative estimate of drug-likeness (QED) is 0.805. The monoisotopic (exact) mass is 367 g/mol. The van der Waals surface area contributed by atoms with Crippen LogP contribution in [0.5, 0.6) is 5.75 Å². The van der Waals surface area contributed by atoms with E-state index in [1.807, 2.05) is 18.2 Å². The van der Waals surface area contributed by atoms with E-state index in [0.717, 1.165) is 44.3 Å². The molecule has 3 N–H and O–H groups in total. The topological polar surface area (TPSA) is 84.7 Å². The number of rotatable bonds is 6. The number of nitrogens with two attached hydrogens (primary N) is 1. The third-order valence-corrected chi connectivity index (χ3v) is 4.93. The molecule has 6 nitrogen and oxygen atoms in total. The fourth-order valence-electron chi connectivity index (χ4n) is 3.57. The molecule has 1 aliphatic heterocycles. The van der Waals surface area contributed by atoms with Crippen LogP contribution in [0.25, 0.3) is 0 Å². The summed E-state index contributed by atoms with van der Waals surface area (Å²) in [7, 11) is 0. The van der Waals surface area contributed by atoms with Crippen molar-refractivity contribution in [2.75, 3.05) is 24.6 Å². The van der Waals surface area contributed by atoms with Gasteiger partial charge in [-0.3, -0.25) is 9.59 Å². The molecule has 2 amide bonds. The van der Waals surface area contributed by atoms with Crippen LogP contribution in [0.3, 0.4) is 0 Å². The van der Waals surface area contributed by atoms with Gasteiger partial charge in [0, 0.05) is 31.3 Å². The predicted molar refractivity (Wildman–Crippen MR) is 99.2 cm³/mol. The summed E-state index contributed by atoms with van der Waals surface area (Å²) in [6.45, 7) is 1.16. The largest absolute Gasteiger partial charge is 0.484 e. The van der Waals surface area contributed by atoms with E-state index in [1.54, 1.807) is 11.0 Å².